The fourth-order valence-corrected chi connectivity index (χ4v) is 3.90. The van der Waals surface area contributed by atoms with Crippen molar-refractivity contribution < 1.29 is 33.3 Å². The molecule has 34 heavy (non-hydrogen) atoms. The summed E-state index contributed by atoms with van der Waals surface area (Å²) >= 11 is 0. The highest BCUT2D eigenvalue weighted by Gasteiger charge is 2.42. The zero-order valence-corrected chi connectivity index (χ0v) is 18.3. The monoisotopic (exact) mass is 465 g/mol. The first-order chi connectivity index (χ1) is 16.2. The highest BCUT2D eigenvalue weighted by molar-refractivity contribution is 6.24. The zero-order chi connectivity index (χ0) is 24.6. The van der Waals surface area contributed by atoms with Crippen LogP contribution in [-0.2, 0) is 16.1 Å². The van der Waals surface area contributed by atoms with Crippen molar-refractivity contribution >= 4 is 29.3 Å². The van der Waals surface area contributed by atoms with Crippen LogP contribution in [0.25, 0.3) is 0 Å². The largest absolute Gasteiger partial charge is 0.467 e. The number of imide groups is 1. The fraction of sp³-hybridized carbons (Fsp3) is 0.217. The van der Waals surface area contributed by atoms with E-state index in [1.165, 1.54) is 12.1 Å². The molecule has 2 amide bonds. The molecule has 3 heterocycles. The number of hydrogen-bond donors (Lipinski definition) is 0. The number of amides is 2. The molecule has 0 unspecified atom stereocenters. The van der Waals surface area contributed by atoms with Gasteiger partial charge in [-0.1, -0.05) is 6.07 Å². The van der Waals surface area contributed by atoms with Crippen LogP contribution in [0.4, 0.5) is 5.69 Å². The summed E-state index contributed by atoms with van der Waals surface area (Å²) in [5.41, 5.74) is 0.802. The number of aryl methyl sites for hydroxylation is 1. The number of aromatic nitrogens is 1. The highest BCUT2D eigenvalue weighted by Crippen LogP contribution is 2.30. The van der Waals surface area contributed by atoms with Gasteiger partial charge in [-0.05, 0) is 38.1 Å². The second-order valence-corrected chi connectivity index (χ2v) is 7.69. The number of benzene rings is 1. The first kappa shape index (κ1) is 22.6. The summed E-state index contributed by atoms with van der Waals surface area (Å²) in [6.45, 7) is 2.67. The molecule has 11 nitrogen and oxygen atoms in total. The van der Waals surface area contributed by atoms with E-state index >= 15 is 0 Å². The lowest BCUT2D eigenvalue weighted by Gasteiger charge is -2.12. The van der Waals surface area contributed by atoms with Gasteiger partial charge in [0.15, 0.2) is 6.61 Å². The molecule has 174 valence electrons. The number of ketones is 1. The molecule has 2 aromatic heterocycles. The highest BCUT2D eigenvalue weighted by atomic mass is 16.6. The molecule has 0 saturated carbocycles. The van der Waals surface area contributed by atoms with E-state index in [0.29, 0.717) is 28.5 Å². The van der Waals surface area contributed by atoms with Crippen LogP contribution < -0.4 is 0 Å². The van der Waals surface area contributed by atoms with E-state index in [-0.39, 0.29) is 11.1 Å². The minimum atomic E-state index is -0.991. The average molecular weight is 465 g/mol. The third kappa shape index (κ3) is 3.98. The van der Waals surface area contributed by atoms with E-state index in [4.69, 9.17) is 9.15 Å². The molecular weight excluding hydrogens is 446 g/mol. The number of nitro groups is 1. The predicted molar refractivity (Wildman–Crippen MR) is 115 cm³/mol. The standard InChI is InChI=1S/C23H19N3O8/c1-13-9-17(14(2)24(13)10-15-5-4-8-33-15)19(27)12-34-20(28)11-25-22(29)16-6-3-7-18(26(31)32)21(16)23(25)30/h3-9H,10-12H2,1-2H3. The molecule has 0 spiro atoms. The van der Waals surface area contributed by atoms with Gasteiger partial charge in [-0.25, -0.2) is 0 Å². The molecule has 3 aromatic rings. The Kier molecular flexibility index (Phi) is 5.84. The second-order valence-electron chi connectivity index (χ2n) is 7.69. The summed E-state index contributed by atoms with van der Waals surface area (Å²) in [7, 11) is 0. The average Bonchev–Trinajstić information content (AvgIpc) is 3.48. The number of furan rings is 1. The Labute approximate surface area is 192 Å². The summed E-state index contributed by atoms with van der Waals surface area (Å²) in [6, 6.07) is 8.92. The number of esters is 1. The Morgan fingerprint density at radius 1 is 1.12 bits per heavy atom. The minimum Gasteiger partial charge on any atom is -0.467 e. The van der Waals surface area contributed by atoms with Crippen LogP contribution in [0, 0.1) is 24.0 Å². The van der Waals surface area contributed by atoms with Crippen LogP contribution in [0.3, 0.4) is 0 Å². The smallest absolute Gasteiger partial charge is 0.326 e. The molecule has 11 heteroatoms. The number of nitrogens with zero attached hydrogens (tertiary/aromatic N) is 3. The maximum Gasteiger partial charge on any atom is 0.326 e. The Bertz CT molecular complexity index is 1340. The fourth-order valence-electron chi connectivity index (χ4n) is 3.90. The molecule has 1 aliphatic heterocycles. The summed E-state index contributed by atoms with van der Waals surface area (Å²) in [5, 5.41) is 11.2. The molecule has 4 rings (SSSR count). The number of carbonyl (C=O) groups is 4. The van der Waals surface area contributed by atoms with Gasteiger partial charge in [0.1, 0.15) is 17.9 Å². The zero-order valence-electron chi connectivity index (χ0n) is 18.3. The lowest BCUT2D eigenvalue weighted by atomic mass is 10.1. The third-order valence-electron chi connectivity index (χ3n) is 5.59. The molecule has 0 radical (unpaired) electrons. The first-order valence-electron chi connectivity index (χ1n) is 10.2. The Morgan fingerprint density at radius 3 is 2.56 bits per heavy atom. The van der Waals surface area contributed by atoms with E-state index in [0.717, 1.165) is 11.8 Å². The molecule has 1 aliphatic rings. The number of nitro benzene ring substituents is 1. The predicted octanol–water partition coefficient (Wildman–Crippen LogP) is 2.68. The van der Waals surface area contributed by atoms with E-state index in [1.54, 1.807) is 25.3 Å². The van der Waals surface area contributed by atoms with Crippen molar-refractivity contribution in [3.8, 4) is 0 Å². The molecule has 0 bridgehead atoms. The van der Waals surface area contributed by atoms with Crippen LogP contribution >= 0.6 is 0 Å². The number of rotatable bonds is 8. The molecule has 0 saturated heterocycles. The van der Waals surface area contributed by atoms with Crippen molar-refractivity contribution in [2.75, 3.05) is 13.2 Å². The van der Waals surface area contributed by atoms with E-state index < -0.39 is 47.3 Å². The number of carbonyl (C=O) groups excluding carboxylic acids is 4. The van der Waals surface area contributed by atoms with Gasteiger partial charge in [-0.15, -0.1) is 0 Å². The van der Waals surface area contributed by atoms with Crippen LogP contribution in [0.2, 0.25) is 0 Å². The number of fused-ring (bicyclic) bond motifs is 1. The quantitative estimate of drug-likeness (QED) is 0.162. The van der Waals surface area contributed by atoms with Gasteiger partial charge in [0.05, 0.1) is 23.3 Å². The molecule has 0 atom stereocenters. The van der Waals surface area contributed by atoms with E-state index in [9.17, 15) is 29.3 Å². The van der Waals surface area contributed by atoms with Crippen molar-refractivity contribution in [3.05, 3.63) is 86.6 Å². The van der Waals surface area contributed by atoms with Crippen molar-refractivity contribution in [1.82, 2.24) is 9.47 Å². The summed E-state index contributed by atoms with van der Waals surface area (Å²) in [6.07, 6.45) is 1.56. The maximum absolute atomic E-state index is 12.7. The Balaban J connectivity index is 1.41. The summed E-state index contributed by atoms with van der Waals surface area (Å²) in [4.78, 5) is 61.0. The Hall–Kier alpha value is -4.54. The lowest BCUT2D eigenvalue weighted by Crippen LogP contribution is -2.36. The van der Waals surface area contributed by atoms with Crippen LogP contribution in [0.15, 0.2) is 47.1 Å². The Morgan fingerprint density at radius 2 is 1.88 bits per heavy atom. The number of hydrogen-bond acceptors (Lipinski definition) is 8. The van der Waals surface area contributed by atoms with Gasteiger partial charge in [-0.3, -0.25) is 34.2 Å². The SMILES string of the molecule is Cc1cc(C(=O)COC(=O)CN2C(=O)c3cccc([N+](=O)[O-])c3C2=O)c(C)n1Cc1ccco1. The van der Waals surface area contributed by atoms with Gasteiger partial charge >= 0.3 is 5.97 Å². The third-order valence-corrected chi connectivity index (χ3v) is 5.59. The van der Waals surface area contributed by atoms with E-state index in [1.807, 2.05) is 17.6 Å². The minimum absolute atomic E-state index is 0.160. The second kappa shape index (κ2) is 8.77. The van der Waals surface area contributed by atoms with Crippen LogP contribution in [0.1, 0.15) is 48.2 Å². The van der Waals surface area contributed by atoms with Crippen molar-refractivity contribution in [3.63, 3.8) is 0 Å². The van der Waals surface area contributed by atoms with Crippen molar-refractivity contribution in [1.29, 1.82) is 0 Å². The van der Waals surface area contributed by atoms with E-state index in [2.05, 4.69) is 0 Å². The molecular formula is C23H19N3O8. The van der Waals surface area contributed by atoms with Crippen molar-refractivity contribution in [2.45, 2.75) is 20.4 Å². The van der Waals surface area contributed by atoms with Crippen LogP contribution in [-0.4, -0.2) is 51.1 Å². The molecule has 1 aromatic carbocycles. The molecule has 0 aliphatic carbocycles. The first-order valence-corrected chi connectivity index (χ1v) is 10.2. The summed E-state index contributed by atoms with van der Waals surface area (Å²) < 4.78 is 12.2. The van der Waals surface area contributed by atoms with Gasteiger partial charge < -0.3 is 13.7 Å². The summed E-state index contributed by atoms with van der Waals surface area (Å²) in [5.74, 6) is -2.53. The van der Waals surface area contributed by atoms with Crippen LogP contribution in [0.5, 0.6) is 0 Å². The topological polar surface area (TPSA) is 142 Å². The van der Waals surface area contributed by atoms with Gasteiger partial charge in [0.2, 0.25) is 5.78 Å². The molecule has 0 N–H and O–H groups in total. The van der Waals surface area contributed by atoms with Gasteiger partial charge in [-0.2, -0.15) is 0 Å². The number of ether oxygens (including phenoxy) is 1. The maximum atomic E-state index is 12.7. The molecule has 0 fully saturated rings. The van der Waals surface area contributed by atoms with Gasteiger partial charge in [0, 0.05) is 23.0 Å². The van der Waals surface area contributed by atoms with Crippen molar-refractivity contribution in [2.24, 2.45) is 0 Å². The number of Topliss-reactive ketones (excluding diaryl/α,β-unsaturated/α-hetero) is 1. The normalized spacial score (nSPS) is 12.7. The van der Waals surface area contributed by atoms with Gasteiger partial charge in [0.25, 0.3) is 17.5 Å². The lowest BCUT2D eigenvalue weighted by molar-refractivity contribution is -0.385.